The number of nitrogens with one attached hydrogen (secondary N) is 1. The number of hydrogen-bond acceptors (Lipinski definition) is 4. The summed E-state index contributed by atoms with van der Waals surface area (Å²) in [6.45, 7) is 2.05. The van der Waals surface area contributed by atoms with E-state index < -0.39 is 5.97 Å². The Labute approximate surface area is 87.5 Å². The zero-order valence-corrected chi connectivity index (χ0v) is 8.40. The van der Waals surface area contributed by atoms with E-state index in [2.05, 4.69) is 10.3 Å². The number of carbonyl (C=O) groups is 1. The van der Waals surface area contributed by atoms with Gasteiger partial charge in [-0.1, -0.05) is 0 Å². The standard InChI is InChI=1S/C10H14N2O3/c13-10(14)8-6-15-9(12-8)5-7-1-3-11-4-2-7/h6-7,11H,1-5H2,(H,13,14). The Morgan fingerprint density at radius 1 is 1.60 bits per heavy atom. The van der Waals surface area contributed by atoms with Crippen molar-refractivity contribution in [1.82, 2.24) is 10.3 Å². The largest absolute Gasteiger partial charge is 0.476 e. The molecule has 0 radical (unpaired) electrons. The van der Waals surface area contributed by atoms with Crippen molar-refractivity contribution in [2.24, 2.45) is 5.92 Å². The quantitative estimate of drug-likeness (QED) is 0.775. The van der Waals surface area contributed by atoms with Crippen molar-refractivity contribution in [3.8, 4) is 0 Å². The highest BCUT2D eigenvalue weighted by atomic mass is 16.4. The van der Waals surface area contributed by atoms with Crippen molar-refractivity contribution in [3.05, 3.63) is 17.8 Å². The molecule has 1 aliphatic rings. The van der Waals surface area contributed by atoms with Crippen LogP contribution in [0, 0.1) is 5.92 Å². The molecule has 1 fully saturated rings. The van der Waals surface area contributed by atoms with Crippen LogP contribution in [0.4, 0.5) is 0 Å². The van der Waals surface area contributed by atoms with Gasteiger partial charge < -0.3 is 14.8 Å². The lowest BCUT2D eigenvalue weighted by Crippen LogP contribution is -2.28. The van der Waals surface area contributed by atoms with Crippen LogP contribution in [0.3, 0.4) is 0 Å². The third kappa shape index (κ3) is 2.56. The zero-order valence-electron chi connectivity index (χ0n) is 8.40. The highest BCUT2D eigenvalue weighted by Crippen LogP contribution is 2.17. The van der Waals surface area contributed by atoms with Crippen LogP contribution in [0.15, 0.2) is 10.7 Å². The van der Waals surface area contributed by atoms with Gasteiger partial charge in [0.05, 0.1) is 0 Å². The Hall–Kier alpha value is -1.36. The molecule has 0 bridgehead atoms. The smallest absolute Gasteiger partial charge is 0.357 e. The molecule has 15 heavy (non-hydrogen) atoms. The molecule has 2 N–H and O–H groups in total. The van der Waals surface area contributed by atoms with Crippen LogP contribution in [-0.2, 0) is 6.42 Å². The van der Waals surface area contributed by atoms with Crippen LogP contribution in [0.5, 0.6) is 0 Å². The minimum atomic E-state index is -1.03. The lowest BCUT2D eigenvalue weighted by atomic mass is 9.95. The summed E-state index contributed by atoms with van der Waals surface area (Å²) >= 11 is 0. The molecule has 0 unspecified atom stereocenters. The van der Waals surface area contributed by atoms with E-state index in [1.165, 1.54) is 6.26 Å². The first kappa shape index (κ1) is 10.2. The number of hydrogen-bond donors (Lipinski definition) is 2. The van der Waals surface area contributed by atoms with Crippen molar-refractivity contribution in [2.75, 3.05) is 13.1 Å². The first-order valence-electron chi connectivity index (χ1n) is 5.14. The number of oxazole rings is 1. The number of rotatable bonds is 3. The van der Waals surface area contributed by atoms with Crippen LogP contribution >= 0.6 is 0 Å². The van der Waals surface area contributed by atoms with Gasteiger partial charge in [0.2, 0.25) is 0 Å². The molecule has 1 saturated heterocycles. The number of piperidine rings is 1. The monoisotopic (exact) mass is 210 g/mol. The van der Waals surface area contributed by atoms with Gasteiger partial charge in [0, 0.05) is 6.42 Å². The molecule has 1 aromatic heterocycles. The summed E-state index contributed by atoms with van der Waals surface area (Å²) in [6, 6.07) is 0. The summed E-state index contributed by atoms with van der Waals surface area (Å²) < 4.78 is 5.12. The minimum Gasteiger partial charge on any atom is -0.476 e. The molecule has 1 aromatic rings. The molecule has 2 heterocycles. The first-order chi connectivity index (χ1) is 7.25. The Morgan fingerprint density at radius 2 is 2.33 bits per heavy atom. The van der Waals surface area contributed by atoms with E-state index in [-0.39, 0.29) is 5.69 Å². The average molecular weight is 210 g/mol. The van der Waals surface area contributed by atoms with Crippen molar-refractivity contribution in [2.45, 2.75) is 19.3 Å². The van der Waals surface area contributed by atoms with Gasteiger partial charge in [0.15, 0.2) is 11.6 Å². The predicted molar refractivity (Wildman–Crippen MR) is 52.8 cm³/mol. The second-order valence-electron chi connectivity index (χ2n) is 3.83. The molecule has 0 saturated carbocycles. The van der Waals surface area contributed by atoms with Crippen LogP contribution in [0.1, 0.15) is 29.2 Å². The van der Waals surface area contributed by atoms with E-state index in [0.29, 0.717) is 11.8 Å². The Kier molecular flexibility index (Phi) is 3.01. The maximum atomic E-state index is 10.6. The molecule has 0 amide bonds. The number of carboxylic acid groups (broad SMARTS) is 1. The lowest BCUT2D eigenvalue weighted by molar-refractivity contribution is 0.0690. The van der Waals surface area contributed by atoms with E-state index in [9.17, 15) is 4.79 Å². The van der Waals surface area contributed by atoms with E-state index in [4.69, 9.17) is 9.52 Å². The van der Waals surface area contributed by atoms with Gasteiger partial charge in [0.25, 0.3) is 0 Å². The average Bonchev–Trinajstić information content (AvgIpc) is 2.68. The fourth-order valence-electron chi connectivity index (χ4n) is 1.84. The normalized spacial score (nSPS) is 17.9. The van der Waals surface area contributed by atoms with E-state index in [1.54, 1.807) is 0 Å². The lowest BCUT2D eigenvalue weighted by Gasteiger charge is -2.20. The van der Waals surface area contributed by atoms with Gasteiger partial charge >= 0.3 is 5.97 Å². The molecular weight excluding hydrogens is 196 g/mol. The third-order valence-electron chi connectivity index (χ3n) is 2.69. The number of nitrogens with zero attached hydrogens (tertiary/aromatic N) is 1. The van der Waals surface area contributed by atoms with Crippen LogP contribution < -0.4 is 5.32 Å². The summed E-state index contributed by atoms with van der Waals surface area (Å²) in [7, 11) is 0. The number of aromatic carboxylic acids is 1. The highest BCUT2D eigenvalue weighted by Gasteiger charge is 2.17. The van der Waals surface area contributed by atoms with Crippen LogP contribution in [0.2, 0.25) is 0 Å². The van der Waals surface area contributed by atoms with Crippen molar-refractivity contribution in [1.29, 1.82) is 0 Å². The summed E-state index contributed by atoms with van der Waals surface area (Å²) in [5, 5.41) is 12.0. The summed E-state index contributed by atoms with van der Waals surface area (Å²) in [6.07, 6.45) is 4.16. The van der Waals surface area contributed by atoms with Gasteiger partial charge in [-0.2, -0.15) is 0 Å². The summed E-state index contributed by atoms with van der Waals surface area (Å²) in [4.78, 5) is 14.5. The molecule has 5 heteroatoms. The molecule has 0 aliphatic carbocycles. The highest BCUT2D eigenvalue weighted by molar-refractivity contribution is 5.84. The number of carboxylic acids is 1. The van der Waals surface area contributed by atoms with Crippen LogP contribution in [-0.4, -0.2) is 29.1 Å². The maximum absolute atomic E-state index is 10.6. The molecule has 0 spiro atoms. The van der Waals surface area contributed by atoms with Crippen molar-refractivity contribution in [3.63, 3.8) is 0 Å². The van der Waals surface area contributed by atoms with Gasteiger partial charge in [-0.15, -0.1) is 0 Å². The molecule has 0 aromatic carbocycles. The predicted octanol–water partition coefficient (Wildman–Crippen LogP) is 0.915. The Bertz CT molecular complexity index is 342. The van der Waals surface area contributed by atoms with Crippen molar-refractivity contribution < 1.29 is 14.3 Å². The second kappa shape index (κ2) is 4.44. The molecular formula is C10H14N2O3. The van der Waals surface area contributed by atoms with E-state index in [1.807, 2.05) is 0 Å². The molecule has 0 atom stereocenters. The Balaban J connectivity index is 1.94. The first-order valence-corrected chi connectivity index (χ1v) is 5.14. The fraction of sp³-hybridized carbons (Fsp3) is 0.600. The molecule has 5 nitrogen and oxygen atoms in total. The second-order valence-corrected chi connectivity index (χ2v) is 3.83. The Morgan fingerprint density at radius 3 is 2.93 bits per heavy atom. The van der Waals surface area contributed by atoms with Gasteiger partial charge in [-0.3, -0.25) is 0 Å². The molecule has 82 valence electrons. The third-order valence-corrected chi connectivity index (χ3v) is 2.69. The maximum Gasteiger partial charge on any atom is 0.357 e. The summed E-state index contributed by atoms with van der Waals surface area (Å²) in [5.74, 6) is 0.0705. The van der Waals surface area contributed by atoms with Crippen LogP contribution in [0.25, 0.3) is 0 Å². The van der Waals surface area contributed by atoms with Gasteiger partial charge in [-0.05, 0) is 31.8 Å². The minimum absolute atomic E-state index is 0.000987. The zero-order chi connectivity index (χ0) is 10.7. The topological polar surface area (TPSA) is 75.4 Å². The number of aromatic nitrogens is 1. The summed E-state index contributed by atoms with van der Waals surface area (Å²) in [5.41, 5.74) is -0.000987. The fourth-order valence-corrected chi connectivity index (χ4v) is 1.84. The van der Waals surface area contributed by atoms with E-state index >= 15 is 0 Å². The van der Waals surface area contributed by atoms with E-state index in [0.717, 1.165) is 32.4 Å². The van der Waals surface area contributed by atoms with Gasteiger partial charge in [0.1, 0.15) is 6.26 Å². The van der Waals surface area contributed by atoms with Gasteiger partial charge in [-0.25, -0.2) is 9.78 Å². The van der Waals surface area contributed by atoms with Crippen molar-refractivity contribution >= 4 is 5.97 Å². The molecule has 1 aliphatic heterocycles. The molecule has 2 rings (SSSR count). The SMILES string of the molecule is O=C(O)c1coc(CC2CCNCC2)n1.